The molecular formula is C17H27NO. The van der Waals surface area contributed by atoms with Crippen LogP contribution in [0.4, 0.5) is 0 Å². The standard InChI is InChI=1S/C17H27NO/c1-13-4-6-16(7-5-13)17(19)8-9-18-11-14(2)10-15(3)12-18/h4-7,14-15,17,19H,8-12H2,1-3H3. The Morgan fingerprint density at radius 3 is 2.32 bits per heavy atom. The second-order valence-corrected chi connectivity index (χ2v) is 6.42. The summed E-state index contributed by atoms with van der Waals surface area (Å²) in [6.45, 7) is 10.1. The monoisotopic (exact) mass is 261 g/mol. The van der Waals surface area contributed by atoms with Gasteiger partial charge in [-0.1, -0.05) is 43.7 Å². The third-order valence-corrected chi connectivity index (χ3v) is 4.13. The number of aliphatic hydroxyl groups is 1. The number of aliphatic hydroxyl groups excluding tert-OH is 1. The van der Waals surface area contributed by atoms with Crippen LogP contribution in [0.1, 0.15) is 43.9 Å². The van der Waals surface area contributed by atoms with Gasteiger partial charge < -0.3 is 10.0 Å². The van der Waals surface area contributed by atoms with Gasteiger partial charge >= 0.3 is 0 Å². The molecule has 1 aromatic rings. The van der Waals surface area contributed by atoms with E-state index in [0.29, 0.717) is 0 Å². The van der Waals surface area contributed by atoms with Crippen molar-refractivity contribution in [3.8, 4) is 0 Å². The molecule has 0 bridgehead atoms. The van der Waals surface area contributed by atoms with Gasteiger partial charge in [0.1, 0.15) is 0 Å². The van der Waals surface area contributed by atoms with Crippen molar-refractivity contribution in [2.24, 2.45) is 11.8 Å². The average molecular weight is 261 g/mol. The third-order valence-electron chi connectivity index (χ3n) is 4.13. The molecule has 0 radical (unpaired) electrons. The molecule has 2 heteroatoms. The smallest absolute Gasteiger partial charge is 0.0802 e. The first kappa shape index (κ1) is 14.5. The lowest BCUT2D eigenvalue weighted by molar-refractivity contribution is 0.103. The highest BCUT2D eigenvalue weighted by atomic mass is 16.3. The minimum absolute atomic E-state index is 0.326. The Balaban J connectivity index is 1.83. The number of piperidine rings is 1. The molecular weight excluding hydrogens is 234 g/mol. The largest absolute Gasteiger partial charge is 0.388 e. The van der Waals surface area contributed by atoms with Crippen LogP contribution in [0.5, 0.6) is 0 Å². The summed E-state index contributed by atoms with van der Waals surface area (Å²) >= 11 is 0. The lowest BCUT2D eigenvalue weighted by Gasteiger charge is -2.35. The van der Waals surface area contributed by atoms with Gasteiger partial charge in [0.15, 0.2) is 0 Å². The molecule has 0 saturated carbocycles. The molecule has 3 unspecified atom stereocenters. The Morgan fingerprint density at radius 2 is 1.74 bits per heavy atom. The van der Waals surface area contributed by atoms with E-state index in [1.54, 1.807) is 0 Å². The van der Waals surface area contributed by atoms with Crippen LogP contribution in [0.15, 0.2) is 24.3 Å². The summed E-state index contributed by atoms with van der Waals surface area (Å²) in [4.78, 5) is 2.51. The van der Waals surface area contributed by atoms with Crippen LogP contribution in [0.2, 0.25) is 0 Å². The van der Waals surface area contributed by atoms with Crippen molar-refractivity contribution in [3.63, 3.8) is 0 Å². The highest BCUT2D eigenvalue weighted by Crippen LogP contribution is 2.23. The number of hydrogen-bond donors (Lipinski definition) is 1. The molecule has 0 aliphatic carbocycles. The summed E-state index contributed by atoms with van der Waals surface area (Å²) in [5.74, 6) is 1.58. The normalized spacial score (nSPS) is 26.3. The van der Waals surface area contributed by atoms with E-state index in [4.69, 9.17) is 0 Å². The van der Waals surface area contributed by atoms with Crippen LogP contribution in [0.3, 0.4) is 0 Å². The van der Waals surface area contributed by atoms with E-state index < -0.39 is 0 Å². The van der Waals surface area contributed by atoms with Crippen LogP contribution in [-0.4, -0.2) is 29.6 Å². The van der Waals surface area contributed by atoms with E-state index in [1.165, 1.54) is 25.1 Å². The minimum atomic E-state index is -0.326. The van der Waals surface area contributed by atoms with Gasteiger partial charge in [-0.25, -0.2) is 0 Å². The molecule has 19 heavy (non-hydrogen) atoms. The first-order valence-corrected chi connectivity index (χ1v) is 7.51. The van der Waals surface area contributed by atoms with Crippen molar-refractivity contribution in [2.75, 3.05) is 19.6 Å². The molecule has 3 atom stereocenters. The summed E-state index contributed by atoms with van der Waals surface area (Å²) in [6, 6.07) is 8.23. The van der Waals surface area contributed by atoms with Gasteiger partial charge in [0.25, 0.3) is 0 Å². The lowest BCUT2D eigenvalue weighted by Crippen LogP contribution is -2.39. The predicted octanol–water partition coefficient (Wildman–Crippen LogP) is 3.40. The molecule has 0 spiro atoms. The molecule has 0 amide bonds. The molecule has 1 fully saturated rings. The van der Waals surface area contributed by atoms with Gasteiger partial charge in [-0.3, -0.25) is 0 Å². The Kier molecular flexibility index (Phi) is 5.00. The topological polar surface area (TPSA) is 23.5 Å². The van der Waals surface area contributed by atoms with Gasteiger partial charge in [-0.2, -0.15) is 0 Å². The van der Waals surface area contributed by atoms with Crippen molar-refractivity contribution in [1.29, 1.82) is 0 Å². The SMILES string of the molecule is Cc1ccc(C(O)CCN2CC(C)CC(C)C2)cc1. The summed E-state index contributed by atoms with van der Waals surface area (Å²) in [5.41, 5.74) is 2.29. The van der Waals surface area contributed by atoms with Gasteiger partial charge in [0.05, 0.1) is 6.10 Å². The van der Waals surface area contributed by atoms with Crippen molar-refractivity contribution in [2.45, 2.75) is 39.7 Å². The number of hydrogen-bond acceptors (Lipinski definition) is 2. The van der Waals surface area contributed by atoms with E-state index in [-0.39, 0.29) is 6.10 Å². The predicted molar refractivity (Wildman–Crippen MR) is 80.1 cm³/mol. The summed E-state index contributed by atoms with van der Waals surface area (Å²) in [7, 11) is 0. The fourth-order valence-electron chi connectivity index (χ4n) is 3.23. The second kappa shape index (κ2) is 6.53. The fourth-order valence-corrected chi connectivity index (χ4v) is 3.23. The second-order valence-electron chi connectivity index (χ2n) is 6.42. The van der Waals surface area contributed by atoms with E-state index in [2.05, 4.69) is 37.8 Å². The quantitative estimate of drug-likeness (QED) is 0.898. The number of rotatable bonds is 4. The van der Waals surface area contributed by atoms with Crippen LogP contribution in [0, 0.1) is 18.8 Å². The maximum Gasteiger partial charge on any atom is 0.0802 e. The first-order chi connectivity index (χ1) is 9.04. The molecule has 2 rings (SSSR count). The van der Waals surface area contributed by atoms with E-state index in [9.17, 15) is 5.11 Å². The number of nitrogens with zero attached hydrogens (tertiary/aromatic N) is 1. The van der Waals surface area contributed by atoms with Crippen molar-refractivity contribution in [3.05, 3.63) is 35.4 Å². The molecule has 1 aliphatic heterocycles. The first-order valence-electron chi connectivity index (χ1n) is 7.51. The van der Waals surface area contributed by atoms with Crippen LogP contribution < -0.4 is 0 Å². The third kappa shape index (κ3) is 4.32. The molecule has 1 aromatic carbocycles. The highest BCUT2D eigenvalue weighted by molar-refractivity contribution is 5.23. The Labute approximate surface area is 117 Å². The Hall–Kier alpha value is -0.860. The fraction of sp³-hybridized carbons (Fsp3) is 0.647. The maximum absolute atomic E-state index is 10.2. The average Bonchev–Trinajstić information content (AvgIpc) is 2.36. The van der Waals surface area contributed by atoms with E-state index in [0.717, 1.165) is 30.4 Å². The zero-order chi connectivity index (χ0) is 13.8. The van der Waals surface area contributed by atoms with Gasteiger partial charge in [0, 0.05) is 19.6 Å². The molecule has 1 saturated heterocycles. The summed E-state index contributed by atoms with van der Waals surface area (Å²) < 4.78 is 0. The molecule has 1 heterocycles. The van der Waals surface area contributed by atoms with Crippen LogP contribution >= 0.6 is 0 Å². The summed E-state index contributed by atoms with van der Waals surface area (Å²) in [5, 5.41) is 10.2. The van der Waals surface area contributed by atoms with E-state index >= 15 is 0 Å². The summed E-state index contributed by atoms with van der Waals surface area (Å²) in [6.07, 6.45) is 1.85. The molecule has 0 aromatic heterocycles. The van der Waals surface area contributed by atoms with Gasteiger partial charge in [-0.05, 0) is 37.2 Å². The Bertz CT molecular complexity index is 377. The van der Waals surface area contributed by atoms with Gasteiger partial charge in [-0.15, -0.1) is 0 Å². The highest BCUT2D eigenvalue weighted by Gasteiger charge is 2.22. The van der Waals surface area contributed by atoms with Crippen LogP contribution in [-0.2, 0) is 0 Å². The van der Waals surface area contributed by atoms with Crippen LogP contribution in [0.25, 0.3) is 0 Å². The molecule has 1 N–H and O–H groups in total. The molecule has 1 aliphatic rings. The van der Waals surface area contributed by atoms with Crippen molar-refractivity contribution < 1.29 is 5.11 Å². The Morgan fingerprint density at radius 1 is 1.16 bits per heavy atom. The van der Waals surface area contributed by atoms with E-state index in [1.807, 2.05) is 12.1 Å². The number of aryl methyl sites for hydroxylation is 1. The zero-order valence-electron chi connectivity index (χ0n) is 12.5. The molecule has 106 valence electrons. The maximum atomic E-state index is 10.2. The number of likely N-dealkylation sites (tertiary alicyclic amines) is 1. The minimum Gasteiger partial charge on any atom is -0.388 e. The molecule has 2 nitrogen and oxygen atoms in total. The van der Waals surface area contributed by atoms with Crippen molar-refractivity contribution >= 4 is 0 Å². The van der Waals surface area contributed by atoms with Gasteiger partial charge in [0.2, 0.25) is 0 Å². The number of benzene rings is 1. The lowest BCUT2D eigenvalue weighted by atomic mass is 9.91. The zero-order valence-corrected chi connectivity index (χ0v) is 12.5. The van der Waals surface area contributed by atoms with Crippen molar-refractivity contribution in [1.82, 2.24) is 4.90 Å².